The lowest BCUT2D eigenvalue weighted by molar-refractivity contribution is -0.118. The number of nitrogens with zero attached hydrogens (tertiary/aromatic N) is 3. The van der Waals surface area contributed by atoms with Crippen LogP contribution in [0.5, 0.6) is 0 Å². The molecule has 2 aromatic heterocycles. The highest BCUT2D eigenvalue weighted by atomic mass is 16.5. The summed E-state index contributed by atoms with van der Waals surface area (Å²) in [6, 6.07) is 12.3. The van der Waals surface area contributed by atoms with Gasteiger partial charge in [0.15, 0.2) is 0 Å². The van der Waals surface area contributed by atoms with Gasteiger partial charge in [0.2, 0.25) is 5.91 Å². The molecule has 1 amide bonds. The van der Waals surface area contributed by atoms with Crippen molar-refractivity contribution in [2.45, 2.75) is 19.9 Å². The summed E-state index contributed by atoms with van der Waals surface area (Å²) < 4.78 is 6.84. The second kappa shape index (κ2) is 8.05. The third-order valence-electron chi connectivity index (χ3n) is 5.30. The van der Waals surface area contributed by atoms with E-state index in [1.165, 1.54) is 4.57 Å². The second-order valence-electron chi connectivity index (χ2n) is 7.18. The van der Waals surface area contributed by atoms with Crippen molar-refractivity contribution in [3.8, 4) is 0 Å². The van der Waals surface area contributed by atoms with Crippen molar-refractivity contribution in [2.75, 3.05) is 36.5 Å². The Morgan fingerprint density at radius 3 is 2.66 bits per heavy atom. The molecule has 1 aliphatic rings. The highest BCUT2D eigenvalue weighted by molar-refractivity contribution is 5.94. The summed E-state index contributed by atoms with van der Waals surface area (Å²) in [6.45, 7) is 6.58. The summed E-state index contributed by atoms with van der Waals surface area (Å²) in [7, 11) is 0. The number of fused-ring (bicyclic) bond motifs is 1. The van der Waals surface area contributed by atoms with E-state index in [0.29, 0.717) is 24.3 Å². The van der Waals surface area contributed by atoms with Gasteiger partial charge in [-0.15, -0.1) is 0 Å². The maximum absolute atomic E-state index is 12.8. The molecule has 29 heavy (non-hydrogen) atoms. The number of anilines is 2. The maximum atomic E-state index is 12.8. The Morgan fingerprint density at radius 1 is 1.14 bits per heavy atom. The van der Waals surface area contributed by atoms with E-state index in [4.69, 9.17) is 4.74 Å². The Morgan fingerprint density at radius 2 is 1.90 bits per heavy atom. The molecule has 0 aliphatic carbocycles. The van der Waals surface area contributed by atoms with E-state index in [0.717, 1.165) is 30.0 Å². The first-order valence-corrected chi connectivity index (χ1v) is 9.75. The SMILES string of the molecule is Cc1nc(N2CCOCC2)ccc1NC(=O)C(C)n1ccc2ccccc2c1=O. The molecule has 3 heterocycles. The summed E-state index contributed by atoms with van der Waals surface area (Å²) in [5.41, 5.74) is 1.20. The van der Waals surface area contributed by atoms with E-state index in [1.54, 1.807) is 19.2 Å². The fourth-order valence-corrected chi connectivity index (χ4v) is 3.52. The summed E-state index contributed by atoms with van der Waals surface area (Å²) in [6.07, 6.45) is 1.67. The Labute approximate surface area is 168 Å². The molecule has 7 nitrogen and oxygen atoms in total. The number of aryl methyl sites for hydroxylation is 1. The van der Waals surface area contributed by atoms with Gasteiger partial charge >= 0.3 is 0 Å². The largest absolute Gasteiger partial charge is 0.378 e. The summed E-state index contributed by atoms with van der Waals surface area (Å²) in [5.74, 6) is 0.619. The molecule has 1 N–H and O–H groups in total. The highest BCUT2D eigenvalue weighted by Crippen LogP contribution is 2.21. The number of hydrogen-bond acceptors (Lipinski definition) is 5. The fraction of sp³-hybridized carbons (Fsp3) is 0.318. The fourth-order valence-electron chi connectivity index (χ4n) is 3.52. The van der Waals surface area contributed by atoms with Crippen molar-refractivity contribution >= 4 is 28.2 Å². The van der Waals surface area contributed by atoms with E-state index in [2.05, 4.69) is 15.2 Å². The molecule has 1 aliphatic heterocycles. The number of aromatic nitrogens is 2. The Bertz CT molecular complexity index is 1100. The van der Waals surface area contributed by atoms with Crippen molar-refractivity contribution < 1.29 is 9.53 Å². The van der Waals surface area contributed by atoms with Crippen LogP contribution in [0.15, 0.2) is 53.5 Å². The van der Waals surface area contributed by atoms with Crippen molar-refractivity contribution in [1.82, 2.24) is 9.55 Å². The molecule has 4 rings (SSSR count). The zero-order valence-corrected chi connectivity index (χ0v) is 16.6. The molecule has 0 bridgehead atoms. The standard InChI is InChI=1S/C22H24N4O3/c1-15-19(7-8-20(23-15)25-11-13-29-14-12-25)24-21(27)16(2)26-10-9-17-5-3-4-6-18(17)22(26)28/h3-10,16H,11-14H2,1-2H3,(H,24,27). The van der Waals surface area contributed by atoms with Gasteiger partial charge in [-0.25, -0.2) is 4.98 Å². The third-order valence-corrected chi connectivity index (χ3v) is 5.30. The van der Waals surface area contributed by atoms with E-state index >= 15 is 0 Å². The van der Waals surface area contributed by atoms with Gasteiger partial charge in [-0.05, 0) is 43.5 Å². The summed E-state index contributed by atoms with van der Waals surface area (Å²) in [5, 5.41) is 4.37. The smallest absolute Gasteiger partial charge is 0.259 e. The van der Waals surface area contributed by atoms with Gasteiger partial charge in [0.25, 0.3) is 5.56 Å². The first-order valence-electron chi connectivity index (χ1n) is 9.75. The monoisotopic (exact) mass is 392 g/mol. The first kappa shape index (κ1) is 19.1. The number of benzene rings is 1. The molecule has 0 spiro atoms. The van der Waals surface area contributed by atoms with Gasteiger partial charge in [-0.2, -0.15) is 0 Å². The van der Waals surface area contributed by atoms with Crippen LogP contribution in [-0.2, 0) is 9.53 Å². The molecule has 1 fully saturated rings. The molecular formula is C22H24N4O3. The minimum atomic E-state index is -0.648. The van der Waals surface area contributed by atoms with Crippen LogP contribution in [0.2, 0.25) is 0 Å². The Balaban J connectivity index is 1.53. The van der Waals surface area contributed by atoms with E-state index < -0.39 is 6.04 Å². The van der Waals surface area contributed by atoms with Crippen LogP contribution in [0, 0.1) is 6.92 Å². The van der Waals surface area contributed by atoms with Gasteiger partial charge in [0.05, 0.1) is 24.6 Å². The van der Waals surface area contributed by atoms with Crippen LogP contribution >= 0.6 is 0 Å². The van der Waals surface area contributed by atoms with Crippen LogP contribution < -0.4 is 15.8 Å². The van der Waals surface area contributed by atoms with Gasteiger partial charge in [-0.1, -0.05) is 18.2 Å². The molecule has 150 valence electrons. The number of carbonyl (C=O) groups is 1. The predicted octanol–water partition coefficient (Wildman–Crippen LogP) is 2.74. The number of morpholine rings is 1. The molecule has 1 saturated heterocycles. The quantitative estimate of drug-likeness (QED) is 0.739. The average molecular weight is 392 g/mol. The van der Waals surface area contributed by atoms with Gasteiger partial charge in [0, 0.05) is 24.7 Å². The number of hydrogen-bond donors (Lipinski definition) is 1. The number of carbonyl (C=O) groups excluding carboxylic acids is 1. The lowest BCUT2D eigenvalue weighted by Crippen LogP contribution is -2.36. The van der Waals surface area contributed by atoms with Crippen molar-refractivity contribution in [1.29, 1.82) is 0 Å². The van der Waals surface area contributed by atoms with Gasteiger partial charge in [0.1, 0.15) is 11.9 Å². The number of rotatable bonds is 4. The van der Waals surface area contributed by atoms with Crippen molar-refractivity contribution in [3.63, 3.8) is 0 Å². The topological polar surface area (TPSA) is 76.5 Å². The van der Waals surface area contributed by atoms with Crippen LogP contribution in [0.1, 0.15) is 18.7 Å². The Hall–Kier alpha value is -3.19. The normalized spacial score (nSPS) is 15.3. The number of amides is 1. The van der Waals surface area contributed by atoms with Crippen LogP contribution in [-0.4, -0.2) is 41.8 Å². The molecule has 1 aromatic carbocycles. The zero-order valence-electron chi connectivity index (χ0n) is 16.6. The maximum Gasteiger partial charge on any atom is 0.259 e. The van der Waals surface area contributed by atoms with Crippen LogP contribution in [0.25, 0.3) is 10.8 Å². The number of ether oxygens (including phenoxy) is 1. The van der Waals surface area contributed by atoms with Crippen LogP contribution in [0.3, 0.4) is 0 Å². The Kier molecular flexibility index (Phi) is 5.31. The predicted molar refractivity (Wildman–Crippen MR) is 114 cm³/mol. The van der Waals surface area contributed by atoms with E-state index in [-0.39, 0.29) is 11.5 Å². The molecule has 0 saturated carbocycles. The third kappa shape index (κ3) is 3.86. The molecule has 3 aromatic rings. The number of pyridine rings is 2. The molecular weight excluding hydrogens is 368 g/mol. The lowest BCUT2D eigenvalue weighted by Gasteiger charge is -2.28. The van der Waals surface area contributed by atoms with E-state index in [1.807, 2.05) is 43.3 Å². The van der Waals surface area contributed by atoms with Crippen molar-refractivity contribution in [3.05, 3.63) is 64.7 Å². The summed E-state index contributed by atoms with van der Waals surface area (Å²) >= 11 is 0. The molecule has 0 radical (unpaired) electrons. The molecule has 7 heteroatoms. The minimum Gasteiger partial charge on any atom is -0.378 e. The van der Waals surface area contributed by atoms with Crippen LogP contribution in [0.4, 0.5) is 11.5 Å². The number of nitrogens with one attached hydrogen (secondary N) is 1. The summed E-state index contributed by atoms with van der Waals surface area (Å²) in [4.78, 5) is 32.4. The highest BCUT2D eigenvalue weighted by Gasteiger charge is 2.19. The lowest BCUT2D eigenvalue weighted by atomic mass is 10.1. The second-order valence-corrected chi connectivity index (χ2v) is 7.18. The molecule has 1 unspecified atom stereocenters. The molecule has 1 atom stereocenters. The minimum absolute atomic E-state index is 0.178. The zero-order chi connectivity index (χ0) is 20.4. The van der Waals surface area contributed by atoms with E-state index in [9.17, 15) is 9.59 Å². The van der Waals surface area contributed by atoms with Crippen molar-refractivity contribution in [2.24, 2.45) is 0 Å². The van der Waals surface area contributed by atoms with Gasteiger partial charge < -0.3 is 19.5 Å². The first-order chi connectivity index (χ1) is 14.0. The van der Waals surface area contributed by atoms with Gasteiger partial charge in [-0.3, -0.25) is 9.59 Å². The average Bonchev–Trinajstić information content (AvgIpc) is 2.75.